The molecule has 0 radical (unpaired) electrons. The second-order valence-corrected chi connectivity index (χ2v) is 5.65. The molecule has 1 aliphatic rings. The first kappa shape index (κ1) is 11.5. The van der Waals surface area contributed by atoms with Gasteiger partial charge in [-0.3, -0.25) is 0 Å². The van der Waals surface area contributed by atoms with Gasteiger partial charge in [-0.15, -0.1) is 0 Å². The largest absolute Gasteiger partial charge is 0.370 e. The summed E-state index contributed by atoms with van der Waals surface area (Å²) in [6, 6.07) is 6.32. The Kier molecular flexibility index (Phi) is 4.14. The van der Waals surface area contributed by atoms with Crippen LogP contribution in [0.3, 0.4) is 0 Å². The van der Waals surface area contributed by atoms with Crippen molar-refractivity contribution >= 4 is 39.9 Å². The molecule has 82 valence electrons. The Morgan fingerprint density at radius 2 is 1.73 bits per heavy atom. The monoisotopic (exact) mass is 335 g/mol. The van der Waals surface area contributed by atoms with Gasteiger partial charge in [0.25, 0.3) is 0 Å². The molecule has 0 aliphatic carbocycles. The van der Waals surface area contributed by atoms with Gasteiger partial charge in [0.05, 0.1) is 10.7 Å². The first-order chi connectivity index (χ1) is 7.27. The standard InChI is InChI=1S/C12H15ClIN/c13-11-9-10(14)5-6-12(11)15-7-3-1-2-4-8-15/h5-6,9H,1-4,7-8H2. The predicted molar refractivity (Wildman–Crippen MR) is 74.9 cm³/mol. The average molecular weight is 336 g/mol. The lowest BCUT2D eigenvalue weighted by atomic mass is 10.2. The fourth-order valence-corrected chi connectivity index (χ4v) is 3.02. The number of rotatable bonds is 1. The van der Waals surface area contributed by atoms with Crippen molar-refractivity contribution in [2.24, 2.45) is 0 Å². The summed E-state index contributed by atoms with van der Waals surface area (Å²) in [5.74, 6) is 0. The molecule has 1 aromatic rings. The van der Waals surface area contributed by atoms with Crippen LogP contribution in [0, 0.1) is 3.57 Å². The Labute approximate surface area is 110 Å². The van der Waals surface area contributed by atoms with Gasteiger partial charge in [0, 0.05) is 16.7 Å². The second-order valence-electron chi connectivity index (χ2n) is 4.00. The van der Waals surface area contributed by atoms with E-state index in [4.69, 9.17) is 11.6 Å². The molecule has 15 heavy (non-hydrogen) atoms. The summed E-state index contributed by atoms with van der Waals surface area (Å²) in [5.41, 5.74) is 1.21. The fourth-order valence-electron chi connectivity index (χ4n) is 2.05. The van der Waals surface area contributed by atoms with E-state index in [1.54, 1.807) is 0 Å². The molecule has 2 rings (SSSR count). The van der Waals surface area contributed by atoms with E-state index in [-0.39, 0.29) is 0 Å². The lowest BCUT2D eigenvalue weighted by Crippen LogP contribution is -2.24. The van der Waals surface area contributed by atoms with Crippen molar-refractivity contribution < 1.29 is 0 Å². The van der Waals surface area contributed by atoms with Crippen molar-refractivity contribution in [1.29, 1.82) is 0 Å². The van der Waals surface area contributed by atoms with Crippen LogP contribution in [0.2, 0.25) is 5.02 Å². The first-order valence-corrected chi connectivity index (χ1v) is 6.93. The minimum absolute atomic E-state index is 0.892. The molecule has 0 atom stereocenters. The molecule has 3 heteroatoms. The van der Waals surface area contributed by atoms with Crippen molar-refractivity contribution in [2.45, 2.75) is 25.7 Å². The Bertz CT molecular complexity index is 332. The van der Waals surface area contributed by atoms with Crippen LogP contribution in [0.25, 0.3) is 0 Å². The zero-order valence-electron chi connectivity index (χ0n) is 8.68. The highest BCUT2D eigenvalue weighted by Crippen LogP contribution is 2.29. The average Bonchev–Trinajstić information content (AvgIpc) is 2.46. The van der Waals surface area contributed by atoms with Crippen molar-refractivity contribution in [3.8, 4) is 0 Å². The van der Waals surface area contributed by atoms with E-state index in [1.165, 1.54) is 34.9 Å². The molecule has 1 aromatic carbocycles. The zero-order valence-corrected chi connectivity index (χ0v) is 11.6. The van der Waals surface area contributed by atoms with Gasteiger partial charge in [-0.2, -0.15) is 0 Å². The highest BCUT2D eigenvalue weighted by Gasteiger charge is 2.12. The smallest absolute Gasteiger partial charge is 0.0650 e. The van der Waals surface area contributed by atoms with E-state index < -0.39 is 0 Å². The molecule has 1 heterocycles. The van der Waals surface area contributed by atoms with Crippen LogP contribution in [0.5, 0.6) is 0 Å². The number of nitrogens with zero attached hydrogens (tertiary/aromatic N) is 1. The molecule has 0 bridgehead atoms. The maximum Gasteiger partial charge on any atom is 0.0650 e. The Morgan fingerprint density at radius 1 is 1.07 bits per heavy atom. The molecule has 0 saturated carbocycles. The summed E-state index contributed by atoms with van der Waals surface area (Å²) in [5, 5.41) is 0.892. The maximum atomic E-state index is 6.27. The highest BCUT2D eigenvalue weighted by atomic mass is 127. The van der Waals surface area contributed by atoms with Gasteiger partial charge in [-0.25, -0.2) is 0 Å². The van der Waals surface area contributed by atoms with Crippen LogP contribution in [-0.2, 0) is 0 Å². The Hall–Kier alpha value is 0.0400. The van der Waals surface area contributed by atoms with Gasteiger partial charge < -0.3 is 4.90 Å². The maximum absolute atomic E-state index is 6.27. The quantitative estimate of drug-likeness (QED) is 0.691. The minimum atomic E-state index is 0.892. The summed E-state index contributed by atoms with van der Waals surface area (Å²) < 4.78 is 1.20. The molecule has 1 saturated heterocycles. The predicted octanol–water partition coefficient (Wildman–Crippen LogP) is 4.33. The summed E-state index contributed by atoms with van der Waals surface area (Å²) in [7, 11) is 0. The Morgan fingerprint density at radius 3 is 2.33 bits per heavy atom. The van der Waals surface area contributed by atoms with Gasteiger partial charge >= 0.3 is 0 Å². The summed E-state index contributed by atoms with van der Waals surface area (Å²) >= 11 is 8.57. The van der Waals surface area contributed by atoms with Gasteiger partial charge in [0.1, 0.15) is 0 Å². The van der Waals surface area contributed by atoms with Crippen molar-refractivity contribution in [2.75, 3.05) is 18.0 Å². The van der Waals surface area contributed by atoms with Crippen molar-refractivity contribution in [3.63, 3.8) is 0 Å². The molecule has 1 aliphatic heterocycles. The molecular weight excluding hydrogens is 320 g/mol. The first-order valence-electron chi connectivity index (χ1n) is 5.47. The van der Waals surface area contributed by atoms with Crippen LogP contribution in [-0.4, -0.2) is 13.1 Å². The molecule has 0 spiro atoms. The van der Waals surface area contributed by atoms with Gasteiger partial charge in [0.2, 0.25) is 0 Å². The number of hydrogen-bond donors (Lipinski definition) is 0. The van der Waals surface area contributed by atoms with Gasteiger partial charge in [-0.05, 0) is 53.6 Å². The lowest BCUT2D eigenvalue weighted by molar-refractivity contribution is 0.726. The van der Waals surface area contributed by atoms with Crippen molar-refractivity contribution in [3.05, 3.63) is 26.8 Å². The third-order valence-electron chi connectivity index (χ3n) is 2.86. The van der Waals surface area contributed by atoms with Crippen LogP contribution in [0.4, 0.5) is 5.69 Å². The second kappa shape index (κ2) is 5.39. The van der Waals surface area contributed by atoms with Crippen LogP contribution < -0.4 is 4.90 Å². The third kappa shape index (κ3) is 3.00. The van der Waals surface area contributed by atoms with Gasteiger partial charge in [-0.1, -0.05) is 24.4 Å². The summed E-state index contributed by atoms with van der Waals surface area (Å²) in [6.07, 6.45) is 5.31. The minimum Gasteiger partial charge on any atom is -0.370 e. The molecule has 0 aromatic heterocycles. The molecule has 1 fully saturated rings. The Balaban J connectivity index is 2.19. The van der Waals surface area contributed by atoms with E-state index in [1.807, 2.05) is 6.07 Å². The van der Waals surface area contributed by atoms with E-state index in [0.29, 0.717) is 0 Å². The normalized spacial score (nSPS) is 17.6. The molecule has 0 N–H and O–H groups in total. The molecule has 1 nitrogen and oxygen atoms in total. The molecule has 0 amide bonds. The summed E-state index contributed by atoms with van der Waals surface area (Å²) in [4.78, 5) is 2.42. The van der Waals surface area contributed by atoms with Crippen LogP contribution in [0.15, 0.2) is 18.2 Å². The highest BCUT2D eigenvalue weighted by molar-refractivity contribution is 14.1. The number of hydrogen-bond acceptors (Lipinski definition) is 1. The number of benzene rings is 1. The van der Waals surface area contributed by atoms with Crippen LogP contribution >= 0.6 is 34.2 Å². The number of anilines is 1. The molecule has 0 unspecified atom stereocenters. The summed E-state index contributed by atoms with van der Waals surface area (Å²) in [6.45, 7) is 2.31. The fraction of sp³-hybridized carbons (Fsp3) is 0.500. The van der Waals surface area contributed by atoms with Gasteiger partial charge in [0.15, 0.2) is 0 Å². The lowest BCUT2D eigenvalue weighted by Gasteiger charge is -2.23. The third-order valence-corrected chi connectivity index (χ3v) is 3.83. The zero-order chi connectivity index (χ0) is 10.7. The van der Waals surface area contributed by atoms with E-state index in [2.05, 4.69) is 39.6 Å². The van der Waals surface area contributed by atoms with Crippen molar-refractivity contribution in [1.82, 2.24) is 0 Å². The van der Waals surface area contributed by atoms with Crippen LogP contribution in [0.1, 0.15) is 25.7 Å². The van der Waals surface area contributed by atoms with E-state index >= 15 is 0 Å². The van der Waals surface area contributed by atoms with E-state index in [0.717, 1.165) is 18.1 Å². The van der Waals surface area contributed by atoms with E-state index in [9.17, 15) is 0 Å². The topological polar surface area (TPSA) is 3.24 Å². The molecular formula is C12H15ClIN. The SMILES string of the molecule is Clc1cc(I)ccc1N1CCCCCC1. The number of halogens is 2.